The number of aromatic nitrogens is 2. The van der Waals surface area contributed by atoms with Crippen LogP contribution in [0, 0.1) is 0 Å². The van der Waals surface area contributed by atoms with Crippen molar-refractivity contribution in [3.63, 3.8) is 0 Å². The van der Waals surface area contributed by atoms with Gasteiger partial charge in [-0.3, -0.25) is 4.79 Å². The minimum absolute atomic E-state index is 0.121. The van der Waals surface area contributed by atoms with Gasteiger partial charge < -0.3 is 14.7 Å². The van der Waals surface area contributed by atoms with E-state index in [2.05, 4.69) is 41.3 Å². The van der Waals surface area contributed by atoms with Gasteiger partial charge in [-0.05, 0) is 41.6 Å². The Morgan fingerprint density at radius 1 is 1.24 bits per heavy atom. The summed E-state index contributed by atoms with van der Waals surface area (Å²) in [6, 6.07) is 8.24. The van der Waals surface area contributed by atoms with Crippen molar-refractivity contribution in [2.75, 3.05) is 6.61 Å². The molecule has 0 aliphatic carbocycles. The van der Waals surface area contributed by atoms with Crippen molar-refractivity contribution >= 4 is 29.0 Å². The lowest BCUT2D eigenvalue weighted by Gasteiger charge is -2.17. The number of carbonyl (C=O) groups excluding carboxylic acids is 1. The Balaban J connectivity index is 2.08. The van der Waals surface area contributed by atoms with Gasteiger partial charge in [-0.1, -0.05) is 31.4 Å². The van der Waals surface area contributed by atoms with Gasteiger partial charge in [-0.15, -0.1) is 0 Å². The van der Waals surface area contributed by atoms with Crippen molar-refractivity contribution < 1.29 is 9.53 Å². The molecule has 2 aromatic heterocycles. The molecule has 4 heteroatoms. The zero-order valence-electron chi connectivity index (χ0n) is 14.3. The van der Waals surface area contributed by atoms with Crippen LogP contribution in [0.2, 0.25) is 0 Å². The zero-order chi connectivity index (χ0) is 17.8. The first-order chi connectivity index (χ1) is 12.2. The quantitative estimate of drug-likeness (QED) is 0.606. The third kappa shape index (κ3) is 3.29. The predicted octanol–water partition coefficient (Wildman–Crippen LogP) is 4.87. The van der Waals surface area contributed by atoms with Crippen LogP contribution in [0.25, 0.3) is 23.1 Å². The maximum atomic E-state index is 12.2. The normalized spacial score (nSPS) is 12.0. The number of rotatable bonds is 7. The van der Waals surface area contributed by atoms with E-state index < -0.39 is 0 Å². The maximum absolute atomic E-state index is 12.2. The topological polar surface area (TPSA) is 57.9 Å². The minimum Gasteiger partial charge on any atom is -0.466 e. The Morgan fingerprint density at radius 2 is 2.08 bits per heavy atom. The molecule has 0 radical (unpaired) electrons. The van der Waals surface area contributed by atoms with Crippen LogP contribution in [0.5, 0.6) is 0 Å². The molecule has 0 amide bonds. The number of fused-ring (bicyclic) bond motifs is 1. The third-order valence-electron chi connectivity index (χ3n) is 4.43. The summed E-state index contributed by atoms with van der Waals surface area (Å²) in [7, 11) is 0. The molecule has 0 aliphatic rings. The second-order valence-electron chi connectivity index (χ2n) is 5.87. The molecule has 25 heavy (non-hydrogen) atoms. The first-order valence-electron chi connectivity index (χ1n) is 8.36. The summed E-state index contributed by atoms with van der Waals surface area (Å²) < 4.78 is 5.19. The molecule has 128 valence electrons. The fourth-order valence-corrected chi connectivity index (χ4v) is 3.23. The Kier molecular flexibility index (Phi) is 4.89. The van der Waals surface area contributed by atoms with Crippen LogP contribution in [0.15, 0.2) is 49.8 Å². The van der Waals surface area contributed by atoms with Crippen molar-refractivity contribution in [3.05, 3.63) is 72.2 Å². The van der Waals surface area contributed by atoms with Gasteiger partial charge in [0.15, 0.2) is 0 Å². The molecule has 2 N–H and O–H groups in total. The lowest BCUT2D eigenvalue weighted by atomic mass is 9.87. The lowest BCUT2D eigenvalue weighted by molar-refractivity contribution is -0.143. The average molecular weight is 334 g/mol. The fourth-order valence-electron chi connectivity index (χ4n) is 3.23. The Morgan fingerprint density at radius 3 is 2.80 bits per heavy atom. The van der Waals surface area contributed by atoms with Gasteiger partial charge in [-0.25, -0.2) is 0 Å². The Bertz CT molecular complexity index is 917. The van der Waals surface area contributed by atoms with Crippen molar-refractivity contribution in [1.82, 2.24) is 9.97 Å². The number of carbonyl (C=O) groups is 1. The molecule has 0 bridgehead atoms. The van der Waals surface area contributed by atoms with Gasteiger partial charge >= 0.3 is 5.97 Å². The highest BCUT2D eigenvalue weighted by Crippen LogP contribution is 2.34. The number of ether oxygens (including phenoxy) is 1. The Labute approximate surface area is 147 Å². The molecule has 2 heterocycles. The number of H-pyrrole nitrogens is 2. The summed E-state index contributed by atoms with van der Waals surface area (Å²) >= 11 is 0. The summed E-state index contributed by atoms with van der Waals surface area (Å²) in [5, 5.41) is 1.14. The summed E-state index contributed by atoms with van der Waals surface area (Å²) in [5.41, 5.74) is 4.99. The van der Waals surface area contributed by atoms with E-state index >= 15 is 0 Å². The maximum Gasteiger partial charge on any atom is 0.306 e. The van der Waals surface area contributed by atoms with E-state index in [9.17, 15) is 4.79 Å². The molecule has 3 aromatic rings. The van der Waals surface area contributed by atoms with E-state index in [1.807, 2.05) is 25.4 Å². The van der Waals surface area contributed by atoms with Crippen LogP contribution >= 0.6 is 0 Å². The molecular formula is C21H22N2O2. The second-order valence-corrected chi connectivity index (χ2v) is 5.87. The summed E-state index contributed by atoms with van der Waals surface area (Å²) in [6.45, 7) is 9.94. The highest BCUT2D eigenvalue weighted by atomic mass is 16.5. The van der Waals surface area contributed by atoms with Crippen LogP contribution in [0.1, 0.15) is 41.6 Å². The van der Waals surface area contributed by atoms with E-state index in [-0.39, 0.29) is 18.3 Å². The molecule has 0 aliphatic heterocycles. The van der Waals surface area contributed by atoms with Gasteiger partial charge in [-0.2, -0.15) is 0 Å². The summed E-state index contributed by atoms with van der Waals surface area (Å²) in [5.74, 6) is -0.333. The predicted molar refractivity (Wildman–Crippen MR) is 102 cm³/mol. The number of nitrogens with one attached hydrogen (secondary N) is 2. The Hall–Kier alpha value is -3.01. The molecule has 1 atom stereocenters. The monoisotopic (exact) mass is 334 g/mol. The third-order valence-corrected chi connectivity index (χ3v) is 4.43. The largest absolute Gasteiger partial charge is 0.466 e. The van der Waals surface area contributed by atoms with Gasteiger partial charge in [0.05, 0.1) is 13.0 Å². The van der Waals surface area contributed by atoms with E-state index in [0.717, 1.165) is 33.3 Å². The number of hydrogen-bond donors (Lipinski definition) is 2. The van der Waals surface area contributed by atoms with Crippen LogP contribution in [-0.4, -0.2) is 22.5 Å². The molecule has 0 spiro atoms. The van der Waals surface area contributed by atoms with E-state index in [4.69, 9.17) is 4.74 Å². The molecule has 0 fully saturated rings. The average Bonchev–Trinajstić information content (AvgIpc) is 3.25. The standard InChI is InChI=1S/C21H22N2O2/c1-4-16-18(13-23-19(16)5-2)17(12-21(24)25-6-3)15-8-7-14-9-10-22-20(14)11-15/h4-5,7-11,13,17,22-23H,1-2,6,12H2,3H3. The number of esters is 1. The van der Waals surface area contributed by atoms with Gasteiger partial charge in [0.2, 0.25) is 0 Å². The van der Waals surface area contributed by atoms with Gasteiger partial charge in [0.1, 0.15) is 0 Å². The van der Waals surface area contributed by atoms with Crippen molar-refractivity contribution in [1.29, 1.82) is 0 Å². The molecule has 0 saturated heterocycles. The van der Waals surface area contributed by atoms with Crippen LogP contribution in [-0.2, 0) is 9.53 Å². The number of hydrogen-bond acceptors (Lipinski definition) is 2. The minimum atomic E-state index is -0.213. The molecule has 1 unspecified atom stereocenters. The molecule has 3 rings (SSSR count). The van der Waals surface area contributed by atoms with E-state index in [0.29, 0.717) is 6.61 Å². The van der Waals surface area contributed by atoms with Gasteiger partial charge in [0.25, 0.3) is 0 Å². The van der Waals surface area contributed by atoms with Crippen molar-refractivity contribution in [3.8, 4) is 0 Å². The van der Waals surface area contributed by atoms with E-state index in [1.165, 1.54) is 0 Å². The van der Waals surface area contributed by atoms with Crippen LogP contribution in [0.3, 0.4) is 0 Å². The SMILES string of the molecule is C=Cc1[nH]cc(C(CC(=O)OCC)c2ccc3cc[nH]c3c2)c1C=C. The first-order valence-corrected chi connectivity index (χ1v) is 8.36. The molecule has 1 aromatic carbocycles. The van der Waals surface area contributed by atoms with Crippen LogP contribution < -0.4 is 0 Å². The van der Waals surface area contributed by atoms with Crippen LogP contribution in [0.4, 0.5) is 0 Å². The second kappa shape index (κ2) is 7.26. The summed E-state index contributed by atoms with van der Waals surface area (Å²) in [6.07, 6.45) is 7.67. The number of benzene rings is 1. The van der Waals surface area contributed by atoms with Gasteiger partial charge in [0, 0.05) is 35.1 Å². The van der Waals surface area contributed by atoms with Crippen molar-refractivity contribution in [2.24, 2.45) is 0 Å². The number of aromatic amines is 2. The smallest absolute Gasteiger partial charge is 0.306 e. The van der Waals surface area contributed by atoms with Crippen molar-refractivity contribution in [2.45, 2.75) is 19.3 Å². The first kappa shape index (κ1) is 16.8. The molecular weight excluding hydrogens is 312 g/mol. The summed E-state index contributed by atoms with van der Waals surface area (Å²) in [4.78, 5) is 18.6. The highest BCUT2D eigenvalue weighted by Gasteiger charge is 2.23. The highest BCUT2D eigenvalue weighted by molar-refractivity contribution is 5.81. The molecule has 4 nitrogen and oxygen atoms in total. The lowest BCUT2D eigenvalue weighted by Crippen LogP contribution is -2.12. The zero-order valence-corrected chi connectivity index (χ0v) is 14.3. The van der Waals surface area contributed by atoms with E-state index in [1.54, 1.807) is 12.2 Å². The fraction of sp³-hybridized carbons (Fsp3) is 0.190. The molecule has 0 saturated carbocycles.